The minimum atomic E-state index is 0.866. The van der Waals surface area contributed by atoms with Crippen LogP contribution in [-0.4, -0.2) is 1.93 Å². The Morgan fingerprint density at radius 3 is 2.22 bits per heavy atom. The Bertz CT molecular complexity index is 90.9. The molecule has 0 aromatic rings. The van der Waals surface area contributed by atoms with Crippen LogP contribution in [0.1, 0.15) is 26.2 Å². The van der Waals surface area contributed by atoms with Crippen LogP contribution in [0.5, 0.6) is 0 Å². The zero-order chi connectivity index (χ0) is 6.85. The quantitative estimate of drug-likeness (QED) is 0.501. The first-order valence-corrected chi connectivity index (χ1v) is 5.97. The second kappa shape index (κ2) is 3.74. The van der Waals surface area contributed by atoms with Gasteiger partial charge in [0, 0.05) is 0 Å². The Kier molecular flexibility index (Phi) is 3.55. The van der Waals surface area contributed by atoms with Crippen LogP contribution >= 0.6 is 45.2 Å². The number of hydrogen-bond acceptors (Lipinski definition) is 0. The van der Waals surface area contributed by atoms with Crippen molar-refractivity contribution >= 4 is 45.2 Å². The fraction of sp³-hybridized carbons (Fsp3) is 1.00. The van der Waals surface area contributed by atoms with Crippen molar-refractivity contribution < 1.29 is 0 Å². The van der Waals surface area contributed by atoms with Crippen molar-refractivity contribution in [3.05, 3.63) is 0 Å². The average Bonchev–Trinajstić information content (AvgIpc) is 2.14. The van der Waals surface area contributed by atoms with Gasteiger partial charge in [0.25, 0.3) is 0 Å². The van der Waals surface area contributed by atoms with Crippen LogP contribution in [0, 0.1) is 11.8 Å². The maximum atomic E-state index is 2.54. The van der Waals surface area contributed by atoms with E-state index >= 15 is 0 Å². The van der Waals surface area contributed by atoms with Crippen molar-refractivity contribution in [2.75, 3.05) is 0 Å². The molecule has 0 aromatic heterocycles. The summed E-state index contributed by atoms with van der Waals surface area (Å²) in [6.07, 6.45) is 4.40. The lowest BCUT2D eigenvalue weighted by molar-refractivity contribution is 0.561. The van der Waals surface area contributed by atoms with E-state index in [0.717, 1.165) is 13.8 Å². The lowest BCUT2D eigenvalue weighted by atomic mass is 10.1. The summed E-state index contributed by atoms with van der Waals surface area (Å²) >= 11 is 5.08. The molecule has 1 aliphatic rings. The highest BCUT2D eigenvalue weighted by Crippen LogP contribution is 2.38. The van der Waals surface area contributed by atoms with Crippen molar-refractivity contribution in [1.82, 2.24) is 0 Å². The molecule has 1 rings (SSSR count). The average molecular weight is 350 g/mol. The second-order valence-electron chi connectivity index (χ2n) is 3.01. The lowest BCUT2D eigenvalue weighted by Crippen LogP contribution is -2.01. The minimum Gasteiger partial charge on any atom is -0.0707 e. The van der Waals surface area contributed by atoms with Gasteiger partial charge in [-0.15, -0.1) is 0 Å². The highest BCUT2D eigenvalue weighted by atomic mass is 127. The molecule has 0 bridgehead atoms. The fourth-order valence-corrected chi connectivity index (χ4v) is 2.79. The highest BCUT2D eigenvalue weighted by molar-refractivity contribution is 14.2. The molecule has 2 heteroatoms. The molecule has 0 spiro atoms. The molecular weight excluding hydrogens is 338 g/mol. The summed E-state index contributed by atoms with van der Waals surface area (Å²) in [6.45, 7) is 2.37. The molecule has 1 aliphatic carbocycles. The van der Waals surface area contributed by atoms with Gasteiger partial charge in [-0.05, 0) is 24.7 Å². The van der Waals surface area contributed by atoms with E-state index in [9.17, 15) is 0 Å². The van der Waals surface area contributed by atoms with Gasteiger partial charge in [-0.2, -0.15) is 0 Å². The first-order valence-electron chi connectivity index (χ1n) is 3.48. The van der Waals surface area contributed by atoms with E-state index in [1.54, 1.807) is 0 Å². The predicted molar refractivity (Wildman–Crippen MR) is 58.3 cm³/mol. The molecule has 9 heavy (non-hydrogen) atoms. The van der Waals surface area contributed by atoms with E-state index in [4.69, 9.17) is 0 Å². The maximum absolute atomic E-state index is 2.54. The van der Waals surface area contributed by atoms with Gasteiger partial charge in [0.2, 0.25) is 0 Å². The zero-order valence-electron chi connectivity index (χ0n) is 5.61. The fourth-order valence-electron chi connectivity index (χ4n) is 1.48. The maximum Gasteiger partial charge on any atom is 0.0654 e. The van der Waals surface area contributed by atoms with Crippen molar-refractivity contribution in [2.24, 2.45) is 11.8 Å². The number of hydrogen-bond donors (Lipinski definition) is 0. The van der Waals surface area contributed by atoms with Gasteiger partial charge in [-0.3, -0.25) is 0 Å². The van der Waals surface area contributed by atoms with E-state index in [-0.39, 0.29) is 0 Å². The number of alkyl halides is 2. The molecule has 0 aromatic carbocycles. The van der Waals surface area contributed by atoms with Gasteiger partial charge < -0.3 is 0 Å². The van der Waals surface area contributed by atoms with Crippen LogP contribution in [0.2, 0.25) is 0 Å². The summed E-state index contributed by atoms with van der Waals surface area (Å²) in [7, 11) is 0. The Morgan fingerprint density at radius 2 is 2.00 bits per heavy atom. The van der Waals surface area contributed by atoms with Crippen molar-refractivity contribution in [2.45, 2.75) is 28.1 Å². The third-order valence-corrected chi connectivity index (χ3v) is 4.13. The van der Waals surface area contributed by atoms with E-state index in [2.05, 4.69) is 52.1 Å². The third kappa shape index (κ3) is 2.52. The smallest absolute Gasteiger partial charge is 0.0654 e. The largest absolute Gasteiger partial charge is 0.0707 e. The predicted octanol–water partition coefficient (Wildman–Crippen LogP) is 3.62. The first-order chi connectivity index (χ1) is 4.20. The molecule has 54 valence electrons. The van der Waals surface area contributed by atoms with E-state index in [1.165, 1.54) is 19.3 Å². The monoisotopic (exact) mass is 350 g/mol. The molecule has 0 radical (unpaired) electrons. The van der Waals surface area contributed by atoms with Crippen LogP contribution in [0.4, 0.5) is 0 Å². The van der Waals surface area contributed by atoms with Crippen LogP contribution in [0.15, 0.2) is 0 Å². The Hall–Kier alpha value is 1.46. The SMILES string of the molecule is CC1CCC(C(I)I)C1. The lowest BCUT2D eigenvalue weighted by Gasteiger charge is -2.09. The Labute approximate surface area is 84.4 Å². The minimum absolute atomic E-state index is 0.866. The summed E-state index contributed by atoms with van der Waals surface area (Å²) < 4.78 is 0.866. The summed E-state index contributed by atoms with van der Waals surface area (Å²) in [4.78, 5) is 0. The molecule has 0 nitrogen and oxygen atoms in total. The van der Waals surface area contributed by atoms with Crippen LogP contribution in [0.3, 0.4) is 0 Å². The molecule has 0 heterocycles. The van der Waals surface area contributed by atoms with Crippen molar-refractivity contribution in [1.29, 1.82) is 0 Å². The van der Waals surface area contributed by atoms with Crippen LogP contribution in [0.25, 0.3) is 0 Å². The molecule has 1 fully saturated rings. The number of rotatable bonds is 1. The summed E-state index contributed by atoms with van der Waals surface area (Å²) in [6, 6.07) is 0. The van der Waals surface area contributed by atoms with E-state index < -0.39 is 0 Å². The molecule has 2 unspecified atom stereocenters. The molecular formula is C7H12I2. The van der Waals surface area contributed by atoms with Gasteiger partial charge in [0.1, 0.15) is 0 Å². The molecule has 2 atom stereocenters. The molecule has 0 amide bonds. The summed E-state index contributed by atoms with van der Waals surface area (Å²) in [5, 5.41) is 0. The molecule has 0 aliphatic heterocycles. The van der Waals surface area contributed by atoms with Gasteiger partial charge in [0.05, 0.1) is 1.93 Å². The topological polar surface area (TPSA) is 0 Å². The Morgan fingerprint density at radius 1 is 1.33 bits per heavy atom. The van der Waals surface area contributed by atoms with Gasteiger partial charge >= 0.3 is 0 Å². The second-order valence-corrected chi connectivity index (χ2v) is 8.08. The normalized spacial score (nSPS) is 36.0. The van der Waals surface area contributed by atoms with Crippen molar-refractivity contribution in [3.63, 3.8) is 0 Å². The molecule has 0 saturated heterocycles. The third-order valence-electron chi connectivity index (χ3n) is 2.09. The van der Waals surface area contributed by atoms with Crippen LogP contribution in [-0.2, 0) is 0 Å². The number of halogens is 2. The Balaban J connectivity index is 2.30. The van der Waals surface area contributed by atoms with Gasteiger partial charge in [0.15, 0.2) is 0 Å². The molecule has 0 N–H and O–H groups in total. The summed E-state index contributed by atoms with van der Waals surface area (Å²) in [5.74, 6) is 2.02. The molecule has 1 saturated carbocycles. The zero-order valence-corrected chi connectivity index (χ0v) is 9.92. The first kappa shape index (κ1) is 8.56. The summed E-state index contributed by atoms with van der Waals surface area (Å²) in [5.41, 5.74) is 0. The van der Waals surface area contributed by atoms with E-state index in [1.807, 2.05) is 0 Å². The van der Waals surface area contributed by atoms with Crippen LogP contribution < -0.4 is 0 Å². The van der Waals surface area contributed by atoms with Gasteiger partial charge in [-0.1, -0.05) is 58.5 Å². The standard InChI is InChI=1S/C7H12I2/c1-5-2-3-6(4-5)7(8)9/h5-7H,2-4H2,1H3. The highest BCUT2D eigenvalue weighted by Gasteiger charge is 2.24. The van der Waals surface area contributed by atoms with Gasteiger partial charge in [-0.25, -0.2) is 0 Å². The van der Waals surface area contributed by atoms with E-state index in [0.29, 0.717) is 0 Å². The van der Waals surface area contributed by atoms with Crippen molar-refractivity contribution in [3.8, 4) is 0 Å².